The van der Waals surface area contributed by atoms with Crippen molar-refractivity contribution >= 4 is 5.91 Å². The van der Waals surface area contributed by atoms with E-state index in [1.54, 1.807) is 6.20 Å². The Hall–Kier alpha value is -2.18. The summed E-state index contributed by atoms with van der Waals surface area (Å²) in [6, 6.07) is 12.3. The Bertz CT molecular complexity index is 740. The molecule has 1 aromatic carbocycles. The van der Waals surface area contributed by atoms with Crippen LogP contribution in [0.1, 0.15) is 43.0 Å². The summed E-state index contributed by atoms with van der Waals surface area (Å²) in [6.45, 7) is 3.58. The normalized spacial score (nSPS) is 20.5. The van der Waals surface area contributed by atoms with Crippen LogP contribution >= 0.6 is 0 Å². The summed E-state index contributed by atoms with van der Waals surface area (Å²) in [7, 11) is 0. The van der Waals surface area contributed by atoms with E-state index >= 15 is 0 Å². The van der Waals surface area contributed by atoms with Gasteiger partial charge in [-0.3, -0.25) is 14.4 Å². The standard InChI is InChI=1S/C21H28N4O2/c26-21(23-18-8-4-5-9-18)20-15-24(14-19-10-11-22-25(19)20)12-13-27-16-17-6-2-1-3-7-17/h1-3,6-7,10-11,18,20H,4-5,8-9,12-16H2,(H,23,26)/t20-/m1/s1. The molecule has 1 aliphatic heterocycles. The zero-order chi connectivity index (χ0) is 18.5. The number of carbonyl (C=O) groups is 1. The van der Waals surface area contributed by atoms with E-state index in [1.807, 2.05) is 28.9 Å². The van der Waals surface area contributed by atoms with Gasteiger partial charge in [-0.2, -0.15) is 5.10 Å². The Morgan fingerprint density at radius 3 is 2.81 bits per heavy atom. The first kappa shape index (κ1) is 18.2. The predicted molar refractivity (Wildman–Crippen MR) is 103 cm³/mol. The van der Waals surface area contributed by atoms with Crippen LogP contribution in [0.4, 0.5) is 0 Å². The van der Waals surface area contributed by atoms with Crippen molar-refractivity contribution in [1.29, 1.82) is 0 Å². The lowest BCUT2D eigenvalue weighted by molar-refractivity contribution is -0.126. The van der Waals surface area contributed by atoms with Gasteiger partial charge in [0.2, 0.25) is 5.91 Å². The van der Waals surface area contributed by atoms with E-state index in [4.69, 9.17) is 4.74 Å². The average Bonchev–Trinajstić information content (AvgIpc) is 3.37. The molecule has 0 saturated heterocycles. The largest absolute Gasteiger partial charge is 0.375 e. The summed E-state index contributed by atoms with van der Waals surface area (Å²) in [5.74, 6) is 0.0988. The lowest BCUT2D eigenvalue weighted by atomic mass is 10.1. The fourth-order valence-electron chi connectivity index (χ4n) is 4.05. The highest BCUT2D eigenvalue weighted by Crippen LogP contribution is 2.23. The quantitative estimate of drug-likeness (QED) is 0.763. The number of fused-ring (bicyclic) bond motifs is 1. The third-order valence-corrected chi connectivity index (χ3v) is 5.53. The number of nitrogens with zero attached hydrogens (tertiary/aromatic N) is 3. The van der Waals surface area contributed by atoms with Gasteiger partial charge in [-0.1, -0.05) is 43.2 Å². The Balaban J connectivity index is 1.31. The number of benzene rings is 1. The molecule has 2 aliphatic rings. The summed E-state index contributed by atoms with van der Waals surface area (Å²) >= 11 is 0. The topological polar surface area (TPSA) is 59.4 Å². The highest BCUT2D eigenvalue weighted by Gasteiger charge is 2.32. The molecule has 6 heteroatoms. The van der Waals surface area contributed by atoms with Gasteiger partial charge in [0.05, 0.1) is 18.9 Å². The molecule has 0 spiro atoms. The second-order valence-electron chi connectivity index (χ2n) is 7.55. The number of carbonyl (C=O) groups excluding carboxylic acids is 1. The van der Waals surface area contributed by atoms with Crippen molar-refractivity contribution in [3.05, 3.63) is 53.9 Å². The van der Waals surface area contributed by atoms with Gasteiger partial charge >= 0.3 is 0 Å². The molecule has 4 rings (SSSR count). The molecular formula is C21H28N4O2. The molecule has 1 aromatic heterocycles. The Morgan fingerprint density at radius 1 is 1.19 bits per heavy atom. The molecule has 0 unspecified atom stereocenters. The molecule has 2 heterocycles. The maximum Gasteiger partial charge on any atom is 0.246 e. The van der Waals surface area contributed by atoms with E-state index < -0.39 is 0 Å². The molecule has 1 atom stereocenters. The second-order valence-corrected chi connectivity index (χ2v) is 7.55. The molecule has 27 heavy (non-hydrogen) atoms. The number of amides is 1. The molecule has 6 nitrogen and oxygen atoms in total. The molecule has 1 saturated carbocycles. The van der Waals surface area contributed by atoms with E-state index in [0.717, 1.165) is 31.6 Å². The smallest absolute Gasteiger partial charge is 0.246 e. The first-order chi connectivity index (χ1) is 13.3. The van der Waals surface area contributed by atoms with Crippen LogP contribution in [-0.4, -0.2) is 46.3 Å². The van der Waals surface area contributed by atoms with Crippen LogP contribution in [0.2, 0.25) is 0 Å². The monoisotopic (exact) mass is 368 g/mol. The maximum absolute atomic E-state index is 12.8. The van der Waals surface area contributed by atoms with E-state index in [1.165, 1.54) is 18.4 Å². The van der Waals surface area contributed by atoms with Crippen LogP contribution in [0.15, 0.2) is 42.6 Å². The number of rotatable bonds is 7. The maximum atomic E-state index is 12.8. The molecule has 1 aliphatic carbocycles. The van der Waals surface area contributed by atoms with E-state index in [2.05, 4.69) is 27.4 Å². The highest BCUT2D eigenvalue weighted by atomic mass is 16.5. The van der Waals surface area contributed by atoms with Gasteiger partial charge in [-0.15, -0.1) is 0 Å². The molecule has 1 N–H and O–H groups in total. The van der Waals surface area contributed by atoms with Crippen LogP contribution < -0.4 is 5.32 Å². The van der Waals surface area contributed by atoms with Crippen molar-refractivity contribution in [3.63, 3.8) is 0 Å². The minimum Gasteiger partial charge on any atom is -0.375 e. The molecule has 1 amide bonds. The lowest BCUT2D eigenvalue weighted by Crippen LogP contribution is -2.47. The van der Waals surface area contributed by atoms with Crippen molar-refractivity contribution in [2.45, 2.75) is 50.9 Å². The van der Waals surface area contributed by atoms with Gasteiger partial charge in [0.1, 0.15) is 6.04 Å². The molecular weight excluding hydrogens is 340 g/mol. The van der Waals surface area contributed by atoms with E-state index in [0.29, 0.717) is 25.8 Å². The summed E-state index contributed by atoms with van der Waals surface area (Å²) in [5, 5.41) is 7.63. The van der Waals surface area contributed by atoms with Gasteiger partial charge in [0.25, 0.3) is 0 Å². The minimum absolute atomic E-state index is 0.0988. The van der Waals surface area contributed by atoms with Crippen LogP contribution in [-0.2, 0) is 22.7 Å². The average molecular weight is 368 g/mol. The summed E-state index contributed by atoms with van der Waals surface area (Å²) < 4.78 is 7.73. The third-order valence-electron chi connectivity index (χ3n) is 5.53. The number of ether oxygens (including phenoxy) is 1. The molecule has 0 radical (unpaired) electrons. The number of hydrogen-bond donors (Lipinski definition) is 1. The predicted octanol–water partition coefficient (Wildman–Crippen LogP) is 2.52. The van der Waals surface area contributed by atoms with Gasteiger partial charge < -0.3 is 10.1 Å². The minimum atomic E-state index is -0.251. The fraction of sp³-hybridized carbons (Fsp3) is 0.524. The van der Waals surface area contributed by atoms with Crippen LogP contribution in [0.3, 0.4) is 0 Å². The summed E-state index contributed by atoms with van der Waals surface area (Å²) in [5.41, 5.74) is 2.28. The van der Waals surface area contributed by atoms with E-state index in [9.17, 15) is 4.79 Å². The van der Waals surface area contributed by atoms with E-state index in [-0.39, 0.29) is 11.9 Å². The number of hydrogen-bond acceptors (Lipinski definition) is 4. The highest BCUT2D eigenvalue weighted by molar-refractivity contribution is 5.81. The third kappa shape index (κ3) is 4.57. The van der Waals surface area contributed by atoms with Crippen molar-refractivity contribution in [2.75, 3.05) is 19.7 Å². The van der Waals surface area contributed by atoms with Crippen molar-refractivity contribution in [1.82, 2.24) is 20.0 Å². The summed E-state index contributed by atoms with van der Waals surface area (Å²) in [6.07, 6.45) is 6.42. The van der Waals surface area contributed by atoms with Crippen LogP contribution in [0, 0.1) is 0 Å². The molecule has 2 aromatic rings. The van der Waals surface area contributed by atoms with Crippen LogP contribution in [0.25, 0.3) is 0 Å². The van der Waals surface area contributed by atoms with Crippen LogP contribution in [0.5, 0.6) is 0 Å². The van der Waals surface area contributed by atoms with Crippen molar-refractivity contribution < 1.29 is 9.53 Å². The van der Waals surface area contributed by atoms with Crippen molar-refractivity contribution in [3.8, 4) is 0 Å². The Morgan fingerprint density at radius 2 is 2.00 bits per heavy atom. The zero-order valence-corrected chi connectivity index (χ0v) is 15.7. The molecule has 144 valence electrons. The number of nitrogens with one attached hydrogen (secondary N) is 1. The second kappa shape index (κ2) is 8.67. The van der Waals surface area contributed by atoms with Gasteiger partial charge in [0.15, 0.2) is 0 Å². The molecule has 1 fully saturated rings. The fourth-order valence-corrected chi connectivity index (χ4v) is 4.05. The SMILES string of the molecule is O=C(NC1CCCC1)[C@H]1CN(CCOCc2ccccc2)Cc2ccnn21. The summed E-state index contributed by atoms with van der Waals surface area (Å²) in [4.78, 5) is 15.1. The van der Waals surface area contributed by atoms with Gasteiger partial charge in [-0.25, -0.2) is 0 Å². The lowest BCUT2D eigenvalue weighted by Gasteiger charge is -2.33. The Labute approximate surface area is 160 Å². The first-order valence-corrected chi connectivity index (χ1v) is 9.96. The number of aromatic nitrogens is 2. The van der Waals surface area contributed by atoms with Gasteiger partial charge in [0, 0.05) is 31.9 Å². The van der Waals surface area contributed by atoms with Gasteiger partial charge in [-0.05, 0) is 24.5 Å². The van der Waals surface area contributed by atoms with Crippen molar-refractivity contribution in [2.24, 2.45) is 0 Å². The molecule has 0 bridgehead atoms. The first-order valence-electron chi connectivity index (χ1n) is 9.96. The Kier molecular flexibility index (Phi) is 5.84. The zero-order valence-electron chi connectivity index (χ0n) is 15.7.